The van der Waals surface area contributed by atoms with Gasteiger partial charge in [-0.3, -0.25) is 19.7 Å². The molecule has 4 heterocycles. The van der Waals surface area contributed by atoms with Crippen LogP contribution < -0.4 is 10.1 Å². The molecule has 9 heteroatoms. The van der Waals surface area contributed by atoms with Gasteiger partial charge in [0.2, 0.25) is 0 Å². The Bertz CT molecular complexity index is 1440. The van der Waals surface area contributed by atoms with E-state index < -0.39 is 0 Å². The number of amides is 1. The maximum atomic E-state index is 13.8. The number of ketones is 1. The second kappa shape index (κ2) is 11.0. The Morgan fingerprint density at radius 3 is 2.71 bits per heavy atom. The molecule has 2 atom stereocenters. The van der Waals surface area contributed by atoms with Crippen molar-refractivity contribution in [2.45, 2.75) is 18.0 Å². The summed E-state index contributed by atoms with van der Waals surface area (Å²) in [5, 5.41) is 4.18. The molecule has 0 aliphatic carbocycles. The van der Waals surface area contributed by atoms with Gasteiger partial charge in [0.25, 0.3) is 0 Å². The number of pyridine rings is 1. The molecule has 0 bridgehead atoms. The van der Waals surface area contributed by atoms with E-state index >= 15 is 0 Å². The summed E-state index contributed by atoms with van der Waals surface area (Å²) < 4.78 is 13.1. The van der Waals surface area contributed by atoms with Gasteiger partial charge in [0.05, 0.1) is 30.1 Å². The number of benzene rings is 2. The van der Waals surface area contributed by atoms with Crippen molar-refractivity contribution in [3.8, 4) is 5.75 Å². The largest absolute Gasteiger partial charge is 0.489 e. The van der Waals surface area contributed by atoms with Crippen LogP contribution in [0.2, 0.25) is 0 Å². The molecule has 194 valence electrons. The quantitative estimate of drug-likeness (QED) is 0.369. The fourth-order valence-electron chi connectivity index (χ4n) is 4.83. The topological polar surface area (TPSA) is 85.7 Å². The van der Waals surface area contributed by atoms with E-state index in [9.17, 15) is 9.59 Å². The molecule has 0 radical (unpaired) electrons. The predicted molar refractivity (Wildman–Crippen MR) is 147 cm³/mol. The molecular weight excluding hydrogens is 500 g/mol. The summed E-state index contributed by atoms with van der Waals surface area (Å²) in [4.78, 5) is 33.3. The highest BCUT2D eigenvalue weighted by Gasteiger charge is 2.33. The van der Waals surface area contributed by atoms with Gasteiger partial charge in [-0.15, -0.1) is 11.8 Å². The Balaban J connectivity index is 1.30. The lowest BCUT2D eigenvalue weighted by Gasteiger charge is -2.27. The third-order valence-electron chi connectivity index (χ3n) is 6.86. The van der Waals surface area contributed by atoms with Crippen molar-refractivity contribution in [1.82, 2.24) is 19.8 Å². The fraction of sp³-hybridized carbons (Fsp3) is 0.276. The number of nitrogens with one attached hydrogen (secondary N) is 1. The molecule has 2 aliphatic heterocycles. The lowest BCUT2D eigenvalue weighted by Crippen LogP contribution is -2.42. The Morgan fingerprint density at radius 2 is 1.92 bits per heavy atom. The van der Waals surface area contributed by atoms with E-state index in [1.165, 1.54) is 0 Å². The molecule has 2 aromatic heterocycles. The van der Waals surface area contributed by atoms with Crippen LogP contribution in [0, 0.1) is 0 Å². The summed E-state index contributed by atoms with van der Waals surface area (Å²) in [6, 6.07) is 18.9. The number of thioether (sulfide) groups is 1. The number of morpholine rings is 1. The van der Waals surface area contributed by atoms with Crippen molar-refractivity contribution < 1.29 is 19.1 Å². The molecular formula is C29H28N4O4S. The monoisotopic (exact) mass is 528 g/mol. The molecule has 0 spiro atoms. The number of aromatic nitrogens is 2. The van der Waals surface area contributed by atoms with Crippen molar-refractivity contribution in [3.05, 3.63) is 95.9 Å². The van der Waals surface area contributed by atoms with E-state index in [1.54, 1.807) is 33.6 Å². The van der Waals surface area contributed by atoms with Crippen molar-refractivity contribution >= 4 is 34.5 Å². The average Bonchev–Trinajstić information content (AvgIpc) is 3.63. The first-order valence-electron chi connectivity index (χ1n) is 12.7. The first-order valence-corrected chi connectivity index (χ1v) is 13.7. The zero-order chi connectivity index (χ0) is 25.9. The van der Waals surface area contributed by atoms with E-state index in [0.29, 0.717) is 55.5 Å². The summed E-state index contributed by atoms with van der Waals surface area (Å²) >= 11 is 1.69. The van der Waals surface area contributed by atoms with Gasteiger partial charge in [0.15, 0.2) is 5.78 Å². The molecule has 2 fully saturated rings. The molecule has 38 heavy (non-hydrogen) atoms. The number of fused-ring (bicyclic) bond motifs is 1. The van der Waals surface area contributed by atoms with Gasteiger partial charge in [0, 0.05) is 54.4 Å². The van der Waals surface area contributed by atoms with E-state index in [0.717, 1.165) is 16.5 Å². The van der Waals surface area contributed by atoms with E-state index in [-0.39, 0.29) is 23.2 Å². The lowest BCUT2D eigenvalue weighted by molar-refractivity contribution is 0.0537. The van der Waals surface area contributed by atoms with Gasteiger partial charge in [-0.25, -0.2) is 4.79 Å². The van der Waals surface area contributed by atoms with Gasteiger partial charge in [0.1, 0.15) is 12.4 Å². The molecule has 8 nitrogen and oxygen atoms in total. The minimum absolute atomic E-state index is 0.000953. The van der Waals surface area contributed by atoms with Crippen LogP contribution in [0.15, 0.2) is 79.3 Å². The van der Waals surface area contributed by atoms with Crippen molar-refractivity contribution in [2.75, 3.05) is 32.1 Å². The van der Waals surface area contributed by atoms with Crippen molar-refractivity contribution in [2.24, 2.45) is 0 Å². The van der Waals surface area contributed by atoms with Gasteiger partial charge in [-0.05, 0) is 29.3 Å². The molecule has 0 saturated carbocycles. The number of carbonyl (C=O) groups is 2. The van der Waals surface area contributed by atoms with Gasteiger partial charge < -0.3 is 14.4 Å². The molecule has 1 N–H and O–H groups in total. The van der Waals surface area contributed by atoms with Crippen molar-refractivity contribution in [3.63, 3.8) is 0 Å². The number of hydrogen-bond acceptors (Lipinski definition) is 7. The first kappa shape index (κ1) is 24.7. The molecule has 1 amide bonds. The second-order valence-electron chi connectivity index (χ2n) is 9.33. The highest BCUT2D eigenvalue weighted by Crippen LogP contribution is 2.35. The number of hydrogen-bond donors (Lipinski definition) is 1. The minimum Gasteiger partial charge on any atom is -0.489 e. The normalized spacial score (nSPS) is 19.5. The van der Waals surface area contributed by atoms with Crippen LogP contribution in [0.1, 0.15) is 26.9 Å². The highest BCUT2D eigenvalue weighted by molar-refractivity contribution is 7.99. The maximum Gasteiger partial charge on any atom is 0.328 e. The molecule has 2 aliphatic rings. The Hall–Kier alpha value is -3.66. The van der Waals surface area contributed by atoms with E-state index in [4.69, 9.17) is 9.47 Å². The van der Waals surface area contributed by atoms with Crippen LogP contribution in [0.5, 0.6) is 5.75 Å². The molecule has 2 aromatic carbocycles. The number of nitrogens with zero attached hydrogens (tertiary/aromatic N) is 3. The second-order valence-corrected chi connectivity index (χ2v) is 10.5. The maximum absolute atomic E-state index is 13.8. The van der Waals surface area contributed by atoms with Gasteiger partial charge >= 0.3 is 6.03 Å². The molecule has 6 rings (SSSR count). The first-order chi connectivity index (χ1) is 18.7. The summed E-state index contributed by atoms with van der Waals surface area (Å²) in [5.74, 6) is 1.25. The Kier molecular flexibility index (Phi) is 7.13. The Morgan fingerprint density at radius 1 is 1.08 bits per heavy atom. The Labute approximate surface area is 224 Å². The summed E-state index contributed by atoms with van der Waals surface area (Å²) in [5.41, 5.74) is 3.28. The summed E-state index contributed by atoms with van der Waals surface area (Å²) in [6.45, 7) is 2.44. The van der Waals surface area contributed by atoms with E-state index in [1.807, 2.05) is 66.9 Å². The van der Waals surface area contributed by atoms with Crippen LogP contribution in [0.3, 0.4) is 0 Å². The highest BCUT2D eigenvalue weighted by atomic mass is 32.2. The van der Waals surface area contributed by atoms with Crippen LogP contribution in [0.25, 0.3) is 10.9 Å². The molecule has 1 unspecified atom stereocenters. The van der Waals surface area contributed by atoms with Gasteiger partial charge in [-0.1, -0.05) is 36.4 Å². The number of carbonyl (C=O) groups excluding carboxylic acids is 2. The minimum atomic E-state index is -0.364. The number of rotatable bonds is 6. The SMILES string of the molecule is O=C(c1cn(C(=O)N2CCOCC2)c2cc(OCc3ccccc3)ccc12)[C@@H]1CSC(c2cccnc2)N1. The van der Waals surface area contributed by atoms with Crippen LogP contribution in [0.4, 0.5) is 4.79 Å². The van der Waals surface area contributed by atoms with Crippen LogP contribution in [-0.2, 0) is 11.3 Å². The average molecular weight is 529 g/mol. The zero-order valence-electron chi connectivity index (χ0n) is 20.8. The number of ether oxygens (including phenoxy) is 2. The zero-order valence-corrected chi connectivity index (χ0v) is 21.6. The number of Topliss-reactive ketones (excluding diaryl/α,β-unsaturated/α-hetero) is 1. The standard InChI is InChI=1S/C29H28N4O4S/c34-27(25-19-38-28(31-25)21-7-4-10-30-16-21)24-17-33(29(35)32-11-13-36-14-12-32)26-15-22(8-9-23(24)26)37-18-20-5-2-1-3-6-20/h1-10,15-17,25,28,31H,11-14,18-19H2/t25-,28?/m0/s1. The third-order valence-corrected chi connectivity index (χ3v) is 8.13. The molecule has 4 aromatic rings. The van der Waals surface area contributed by atoms with Crippen LogP contribution in [-0.4, -0.2) is 64.4 Å². The van der Waals surface area contributed by atoms with Gasteiger partial charge in [-0.2, -0.15) is 0 Å². The lowest BCUT2D eigenvalue weighted by atomic mass is 10.0. The molecule has 2 saturated heterocycles. The smallest absolute Gasteiger partial charge is 0.328 e. The summed E-state index contributed by atoms with van der Waals surface area (Å²) in [6.07, 6.45) is 5.25. The predicted octanol–water partition coefficient (Wildman–Crippen LogP) is 4.50. The fourth-order valence-corrected chi connectivity index (χ4v) is 6.06. The van der Waals surface area contributed by atoms with E-state index in [2.05, 4.69) is 10.3 Å². The van der Waals surface area contributed by atoms with Crippen LogP contribution >= 0.6 is 11.8 Å². The third kappa shape index (κ3) is 5.05. The summed E-state index contributed by atoms with van der Waals surface area (Å²) in [7, 11) is 0. The van der Waals surface area contributed by atoms with Crippen molar-refractivity contribution in [1.29, 1.82) is 0 Å².